The number of carbonyl (C=O) groups is 4. The summed E-state index contributed by atoms with van der Waals surface area (Å²) < 4.78 is 23.1. The van der Waals surface area contributed by atoms with Crippen molar-refractivity contribution in [1.29, 1.82) is 0 Å². The topological polar surface area (TPSA) is 105 Å². The molecule has 1 heterocycles. The monoisotopic (exact) mass is 718 g/mol. The van der Waals surface area contributed by atoms with Crippen LogP contribution in [0.15, 0.2) is 97.1 Å². The Morgan fingerprint density at radius 1 is 0.478 bits per heavy atom. The van der Waals surface area contributed by atoms with E-state index in [2.05, 4.69) is 0 Å². The van der Waals surface area contributed by atoms with Gasteiger partial charge >= 0.3 is 23.9 Å². The number of ether oxygens (including phenoxy) is 4. The SMILES string of the molecule is O=C(OC[C@@H]1SC(OC(=O)c2ccc(Cl)cc2)[C@@H](OC(=O)c2ccc(Cl)cc2)[C@@H]1OC(=O)c1ccc(Cl)cc1)c1ccc(Cl)cc1. The van der Waals surface area contributed by atoms with Crippen molar-refractivity contribution in [1.82, 2.24) is 0 Å². The molecule has 0 N–H and O–H groups in total. The van der Waals surface area contributed by atoms with Gasteiger partial charge in [-0.25, -0.2) is 19.2 Å². The second kappa shape index (κ2) is 15.2. The molecular formula is C33H22Cl4O8S. The van der Waals surface area contributed by atoms with Crippen molar-refractivity contribution in [3.05, 3.63) is 139 Å². The van der Waals surface area contributed by atoms with Crippen LogP contribution in [0.5, 0.6) is 0 Å². The maximum Gasteiger partial charge on any atom is 0.339 e. The Morgan fingerprint density at radius 2 is 0.804 bits per heavy atom. The van der Waals surface area contributed by atoms with Crippen LogP contribution in [0.2, 0.25) is 20.1 Å². The van der Waals surface area contributed by atoms with E-state index >= 15 is 0 Å². The van der Waals surface area contributed by atoms with Crippen molar-refractivity contribution < 1.29 is 38.1 Å². The fraction of sp³-hybridized carbons (Fsp3) is 0.152. The molecule has 0 bridgehead atoms. The second-order valence-electron chi connectivity index (χ2n) is 9.81. The second-order valence-corrected chi connectivity index (χ2v) is 12.9. The minimum absolute atomic E-state index is 0.151. The molecule has 46 heavy (non-hydrogen) atoms. The lowest BCUT2D eigenvalue weighted by Crippen LogP contribution is -2.42. The maximum absolute atomic E-state index is 13.3. The zero-order valence-electron chi connectivity index (χ0n) is 23.4. The van der Waals surface area contributed by atoms with Crippen molar-refractivity contribution >= 4 is 82.0 Å². The number of rotatable bonds is 9. The summed E-state index contributed by atoms with van der Waals surface area (Å²) in [5.74, 6) is -2.98. The largest absolute Gasteiger partial charge is 0.461 e. The zero-order chi connectivity index (χ0) is 32.8. The van der Waals surface area contributed by atoms with E-state index in [1.807, 2.05) is 0 Å². The third-order valence-corrected chi connectivity index (χ3v) is 9.07. The Labute approximate surface area is 287 Å². The van der Waals surface area contributed by atoms with Crippen molar-refractivity contribution in [3.8, 4) is 0 Å². The lowest BCUT2D eigenvalue weighted by Gasteiger charge is -2.25. The van der Waals surface area contributed by atoms with Crippen molar-refractivity contribution in [2.45, 2.75) is 22.9 Å². The van der Waals surface area contributed by atoms with E-state index in [-0.39, 0.29) is 28.9 Å². The molecule has 5 rings (SSSR count). The lowest BCUT2D eigenvalue weighted by molar-refractivity contribution is -0.0607. The molecule has 0 saturated carbocycles. The average Bonchev–Trinajstić information content (AvgIpc) is 3.35. The summed E-state index contributed by atoms with van der Waals surface area (Å²) in [6.07, 6.45) is -2.55. The van der Waals surface area contributed by atoms with Crippen molar-refractivity contribution in [2.75, 3.05) is 6.61 Å². The van der Waals surface area contributed by atoms with Crippen LogP contribution in [-0.2, 0) is 18.9 Å². The maximum atomic E-state index is 13.3. The van der Waals surface area contributed by atoms with Crippen LogP contribution in [0.1, 0.15) is 41.4 Å². The standard InChI is InChI=1S/C33H22Cl4O8S/c34-22-9-1-18(2-10-22)29(38)42-17-26-27(43-30(39)19-3-11-23(35)12-4-19)28(44-31(40)20-5-13-24(36)14-6-20)33(46-26)45-32(41)21-7-15-25(37)16-8-21/h1-16,26-28,33H,17H2/t26-,27+,28-,33?/m0/s1. The van der Waals surface area contributed by atoms with Gasteiger partial charge in [0.25, 0.3) is 0 Å². The number of hydrogen-bond acceptors (Lipinski definition) is 9. The van der Waals surface area contributed by atoms with Gasteiger partial charge in [-0.05, 0) is 97.1 Å². The first kappa shape index (κ1) is 33.6. The molecule has 4 aromatic rings. The molecule has 4 atom stereocenters. The Bertz CT molecular complexity index is 1720. The highest BCUT2D eigenvalue weighted by Crippen LogP contribution is 2.40. The highest BCUT2D eigenvalue weighted by Gasteiger charge is 2.52. The van der Waals surface area contributed by atoms with Gasteiger partial charge in [0.15, 0.2) is 17.6 Å². The molecule has 0 aliphatic carbocycles. The molecule has 1 aliphatic rings. The third kappa shape index (κ3) is 8.54. The predicted molar refractivity (Wildman–Crippen MR) is 175 cm³/mol. The predicted octanol–water partition coefficient (Wildman–Crippen LogP) is 8.21. The Balaban J connectivity index is 1.45. The third-order valence-electron chi connectivity index (χ3n) is 6.68. The van der Waals surface area contributed by atoms with E-state index in [4.69, 9.17) is 65.4 Å². The highest BCUT2D eigenvalue weighted by molar-refractivity contribution is 8.00. The molecule has 1 saturated heterocycles. The molecular weight excluding hydrogens is 698 g/mol. The molecule has 236 valence electrons. The van der Waals surface area contributed by atoms with E-state index in [1.54, 1.807) is 0 Å². The number of esters is 4. The van der Waals surface area contributed by atoms with Crippen molar-refractivity contribution in [3.63, 3.8) is 0 Å². The molecule has 0 aromatic heterocycles. The highest BCUT2D eigenvalue weighted by atomic mass is 35.5. The lowest BCUT2D eigenvalue weighted by atomic mass is 10.1. The number of halogens is 4. The van der Waals surface area contributed by atoms with Gasteiger partial charge in [-0.1, -0.05) is 46.4 Å². The molecule has 1 fully saturated rings. The number of carbonyl (C=O) groups excluding carboxylic acids is 4. The summed E-state index contributed by atoms with van der Waals surface area (Å²) in [5.41, 5.74) is -0.450. The quantitative estimate of drug-likeness (QED) is 0.125. The van der Waals surface area contributed by atoms with Crippen LogP contribution in [0.4, 0.5) is 0 Å². The molecule has 8 nitrogen and oxygen atoms in total. The van der Waals surface area contributed by atoms with E-state index in [9.17, 15) is 19.2 Å². The van der Waals surface area contributed by atoms with E-state index < -0.39 is 46.8 Å². The normalized spacial score (nSPS) is 18.8. The summed E-state index contributed by atoms with van der Waals surface area (Å²) in [6, 6.07) is 24.0. The molecule has 4 aromatic carbocycles. The summed E-state index contributed by atoms with van der Waals surface area (Å²) >= 11 is 24.9. The Morgan fingerprint density at radius 3 is 1.20 bits per heavy atom. The first-order valence-electron chi connectivity index (χ1n) is 13.5. The number of thioether (sulfide) groups is 1. The summed E-state index contributed by atoms with van der Waals surface area (Å²) in [4.78, 5) is 52.6. The van der Waals surface area contributed by atoms with Gasteiger partial charge in [-0.3, -0.25) is 0 Å². The van der Waals surface area contributed by atoms with Crippen LogP contribution in [0, 0.1) is 0 Å². The zero-order valence-corrected chi connectivity index (χ0v) is 27.3. The number of benzene rings is 4. The Kier molecular flexibility index (Phi) is 11.1. The molecule has 13 heteroatoms. The van der Waals surface area contributed by atoms with Crippen molar-refractivity contribution in [2.24, 2.45) is 0 Å². The van der Waals surface area contributed by atoms with E-state index in [1.165, 1.54) is 97.1 Å². The first-order chi connectivity index (χ1) is 22.1. The smallest absolute Gasteiger partial charge is 0.339 e. The molecule has 0 radical (unpaired) electrons. The van der Waals surface area contributed by atoms with Crippen LogP contribution in [0.25, 0.3) is 0 Å². The van der Waals surface area contributed by atoms with Gasteiger partial charge in [0.2, 0.25) is 0 Å². The molecule has 1 aliphatic heterocycles. The fourth-order valence-electron chi connectivity index (χ4n) is 4.33. The van der Waals surface area contributed by atoms with Gasteiger partial charge < -0.3 is 18.9 Å². The van der Waals surface area contributed by atoms with Gasteiger partial charge in [-0.2, -0.15) is 0 Å². The van der Waals surface area contributed by atoms with Crippen LogP contribution in [0.3, 0.4) is 0 Å². The molecule has 0 amide bonds. The van der Waals surface area contributed by atoms with Crippen LogP contribution >= 0.6 is 58.2 Å². The summed E-state index contributed by atoms with van der Waals surface area (Å²) in [5, 5.41) is 0.827. The molecule has 0 spiro atoms. The fourth-order valence-corrected chi connectivity index (χ4v) is 6.20. The van der Waals surface area contributed by atoms with E-state index in [0.29, 0.717) is 20.1 Å². The van der Waals surface area contributed by atoms with Gasteiger partial charge in [0, 0.05) is 20.1 Å². The first-order valence-corrected chi connectivity index (χ1v) is 16.0. The average molecular weight is 720 g/mol. The summed E-state index contributed by atoms with van der Waals surface area (Å²) in [6.45, 7) is -0.297. The minimum atomic E-state index is -1.32. The van der Waals surface area contributed by atoms with Crippen LogP contribution in [-0.4, -0.2) is 53.4 Å². The van der Waals surface area contributed by atoms with E-state index in [0.717, 1.165) is 11.8 Å². The summed E-state index contributed by atoms with van der Waals surface area (Å²) in [7, 11) is 0. The number of hydrogen-bond donors (Lipinski definition) is 0. The van der Waals surface area contributed by atoms with Gasteiger partial charge in [-0.15, -0.1) is 11.8 Å². The molecule has 1 unspecified atom stereocenters. The van der Waals surface area contributed by atoms with Gasteiger partial charge in [0.1, 0.15) is 6.61 Å². The van der Waals surface area contributed by atoms with Crippen LogP contribution < -0.4 is 0 Å². The minimum Gasteiger partial charge on any atom is -0.461 e. The van der Waals surface area contributed by atoms with Gasteiger partial charge in [0.05, 0.1) is 27.5 Å². The Hall–Kier alpha value is -3.73.